The van der Waals surface area contributed by atoms with Crippen molar-refractivity contribution in [2.75, 3.05) is 0 Å². The lowest BCUT2D eigenvalue weighted by atomic mass is 9.90. The highest BCUT2D eigenvalue weighted by Gasteiger charge is 2.22. The summed E-state index contributed by atoms with van der Waals surface area (Å²) in [5.41, 5.74) is 8.16. The van der Waals surface area contributed by atoms with Crippen LogP contribution >= 0.6 is 11.6 Å². The number of pyridine rings is 1. The number of ether oxygens (including phenoxy) is 1. The number of nitrogens with zero attached hydrogens (tertiary/aromatic N) is 4. The molecule has 164 valence electrons. The Bertz CT molecular complexity index is 1480. The van der Waals surface area contributed by atoms with Crippen LogP contribution in [0.25, 0.3) is 16.7 Å². The molecule has 0 amide bonds. The summed E-state index contributed by atoms with van der Waals surface area (Å²) >= 11 is 6.46. The van der Waals surface area contributed by atoms with Crippen molar-refractivity contribution in [1.29, 1.82) is 5.26 Å². The number of rotatable bonds is 3. The van der Waals surface area contributed by atoms with Crippen molar-refractivity contribution in [2.45, 2.75) is 40.3 Å². The Balaban J connectivity index is 1.62. The number of allylic oxidation sites excluding steroid dienone is 1. The van der Waals surface area contributed by atoms with Crippen LogP contribution in [-0.4, -0.2) is 14.5 Å². The molecule has 0 saturated carbocycles. The molecule has 5 rings (SSSR count). The van der Waals surface area contributed by atoms with Crippen LogP contribution in [0.15, 0.2) is 54.1 Å². The molecule has 2 aromatic carbocycles. The maximum atomic E-state index is 9.68. The summed E-state index contributed by atoms with van der Waals surface area (Å²) in [4.78, 5) is 9.47. The Hall–Kier alpha value is -3.62. The molecule has 3 heterocycles. The smallest absolute Gasteiger partial charge is 0.162 e. The van der Waals surface area contributed by atoms with Crippen molar-refractivity contribution in [3.8, 4) is 11.8 Å². The van der Waals surface area contributed by atoms with Crippen molar-refractivity contribution in [3.05, 3.63) is 92.9 Å². The standard InChI is InChI=1S/C27H23ClN4O/c1-4-24-31-26-22(28)11-17(3)30-27(26)32(24)14-18-9-10-20-19(12-18)15-33-23-8-6-5-7-21(23)25(20)16(2)13-29/h5-12H,4,14-15H2,1-3H3/b25-16-. The third-order valence-corrected chi connectivity index (χ3v) is 6.33. The molecule has 5 nitrogen and oxygen atoms in total. The van der Waals surface area contributed by atoms with Crippen molar-refractivity contribution in [3.63, 3.8) is 0 Å². The van der Waals surface area contributed by atoms with Gasteiger partial charge in [-0.15, -0.1) is 0 Å². The van der Waals surface area contributed by atoms with Crippen LogP contribution in [0.3, 0.4) is 0 Å². The molecule has 4 aromatic rings. The third kappa shape index (κ3) is 3.67. The predicted molar refractivity (Wildman–Crippen MR) is 130 cm³/mol. The van der Waals surface area contributed by atoms with Gasteiger partial charge in [0.05, 0.1) is 17.6 Å². The van der Waals surface area contributed by atoms with Gasteiger partial charge in [-0.2, -0.15) is 5.26 Å². The number of nitriles is 1. The number of imidazole rings is 1. The second kappa shape index (κ2) is 8.38. The summed E-state index contributed by atoms with van der Waals surface area (Å²) in [5.74, 6) is 1.74. The van der Waals surface area contributed by atoms with Gasteiger partial charge in [0.25, 0.3) is 0 Å². The molecule has 0 fully saturated rings. The molecule has 0 spiro atoms. The number of aryl methyl sites for hydroxylation is 2. The minimum Gasteiger partial charge on any atom is -0.488 e. The SMILES string of the molecule is CCc1nc2c(Cl)cc(C)nc2n1Cc1ccc2c(c1)COc1ccccc1/C2=C(/C)C#N. The Morgan fingerprint density at radius 3 is 2.76 bits per heavy atom. The quantitative estimate of drug-likeness (QED) is 0.343. The number of hydrogen-bond acceptors (Lipinski definition) is 4. The van der Waals surface area contributed by atoms with Crippen LogP contribution < -0.4 is 4.74 Å². The van der Waals surface area contributed by atoms with Crippen LogP contribution in [0.1, 0.15) is 47.6 Å². The van der Waals surface area contributed by atoms with Gasteiger partial charge >= 0.3 is 0 Å². The first-order chi connectivity index (χ1) is 16.0. The Morgan fingerprint density at radius 2 is 1.97 bits per heavy atom. The van der Waals surface area contributed by atoms with E-state index in [2.05, 4.69) is 35.8 Å². The van der Waals surface area contributed by atoms with E-state index in [9.17, 15) is 5.26 Å². The topological polar surface area (TPSA) is 63.7 Å². The summed E-state index contributed by atoms with van der Waals surface area (Å²) in [5, 5.41) is 10.3. The third-order valence-electron chi connectivity index (χ3n) is 6.04. The van der Waals surface area contributed by atoms with Crippen LogP contribution in [0.4, 0.5) is 0 Å². The minimum atomic E-state index is 0.441. The molecule has 0 atom stereocenters. The van der Waals surface area contributed by atoms with Gasteiger partial charge in [-0.25, -0.2) is 9.97 Å². The van der Waals surface area contributed by atoms with E-state index >= 15 is 0 Å². The van der Waals surface area contributed by atoms with Crippen molar-refractivity contribution in [2.24, 2.45) is 0 Å². The monoisotopic (exact) mass is 454 g/mol. The zero-order valence-corrected chi connectivity index (χ0v) is 19.6. The number of para-hydroxylation sites is 1. The van der Waals surface area contributed by atoms with E-state index in [1.807, 2.05) is 44.2 Å². The average molecular weight is 455 g/mol. The molecule has 1 aliphatic rings. The fraction of sp³-hybridized carbons (Fsp3) is 0.222. The first-order valence-electron chi connectivity index (χ1n) is 11.0. The lowest BCUT2D eigenvalue weighted by Crippen LogP contribution is -2.07. The summed E-state index contributed by atoms with van der Waals surface area (Å²) in [6, 6.07) is 18.4. The van der Waals surface area contributed by atoms with Gasteiger partial charge < -0.3 is 9.30 Å². The minimum absolute atomic E-state index is 0.441. The second-order valence-corrected chi connectivity index (χ2v) is 8.68. The maximum absolute atomic E-state index is 9.68. The molecule has 0 radical (unpaired) electrons. The van der Waals surface area contributed by atoms with Gasteiger partial charge in [-0.3, -0.25) is 0 Å². The van der Waals surface area contributed by atoms with E-state index in [4.69, 9.17) is 26.3 Å². The fourth-order valence-electron chi connectivity index (χ4n) is 4.50. The van der Waals surface area contributed by atoms with Crippen molar-refractivity contribution < 1.29 is 4.74 Å². The molecule has 0 N–H and O–H groups in total. The van der Waals surface area contributed by atoms with Gasteiger partial charge in [-0.05, 0) is 48.7 Å². The molecular formula is C27H23ClN4O. The summed E-state index contributed by atoms with van der Waals surface area (Å²) in [7, 11) is 0. The first-order valence-corrected chi connectivity index (χ1v) is 11.4. The molecule has 2 aromatic heterocycles. The summed E-state index contributed by atoms with van der Waals surface area (Å²) in [6.07, 6.45) is 0.781. The average Bonchev–Trinajstić information content (AvgIpc) is 3.07. The molecule has 0 saturated heterocycles. The van der Waals surface area contributed by atoms with E-state index in [0.717, 1.165) is 62.7 Å². The van der Waals surface area contributed by atoms with Crippen LogP contribution in [0.2, 0.25) is 5.02 Å². The Kier molecular flexibility index (Phi) is 5.39. The highest BCUT2D eigenvalue weighted by molar-refractivity contribution is 6.34. The molecule has 1 aliphatic heterocycles. The maximum Gasteiger partial charge on any atom is 0.162 e. The second-order valence-electron chi connectivity index (χ2n) is 8.27. The van der Waals surface area contributed by atoms with Crippen LogP contribution in [0, 0.1) is 18.3 Å². The van der Waals surface area contributed by atoms with Gasteiger partial charge in [0, 0.05) is 28.8 Å². The normalized spacial score (nSPS) is 14.2. The summed E-state index contributed by atoms with van der Waals surface area (Å²) < 4.78 is 8.28. The molecule has 0 aliphatic carbocycles. The number of halogens is 1. The highest BCUT2D eigenvalue weighted by atomic mass is 35.5. The van der Waals surface area contributed by atoms with E-state index < -0.39 is 0 Å². The summed E-state index contributed by atoms with van der Waals surface area (Å²) in [6.45, 7) is 6.96. The number of hydrogen-bond donors (Lipinski definition) is 0. The van der Waals surface area contributed by atoms with E-state index in [0.29, 0.717) is 23.7 Å². The zero-order chi connectivity index (χ0) is 23.1. The molecule has 33 heavy (non-hydrogen) atoms. The molecular weight excluding hydrogens is 432 g/mol. The predicted octanol–water partition coefficient (Wildman–Crippen LogP) is 6.24. The van der Waals surface area contributed by atoms with Crippen molar-refractivity contribution >= 4 is 28.3 Å². The highest BCUT2D eigenvalue weighted by Crippen LogP contribution is 2.39. The van der Waals surface area contributed by atoms with E-state index in [1.54, 1.807) is 0 Å². The van der Waals surface area contributed by atoms with Crippen molar-refractivity contribution in [1.82, 2.24) is 14.5 Å². The number of benzene rings is 2. The number of aromatic nitrogens is 3. The van der Waals surface area contributed by atoms with Crippen LogP contribution in [0.5, 0.6) is 5.75 Å². The van der Waals surface area contributed by atoms with Gasteiger partial charge in [0.1, 0.15) is 23.7 Å². The lowest BCUT2D eigenvalue weighted by molar-refractivity contribution is 0.307. The van der Waals surface area contributed by atoms with Gasteiger partial charge in [-0.1, -0.05) is 48.9 Å². The van der Waals surface area contributed by atoms with E-state index in [-0.39, 0.29) is 0 Å². The first kappa shape index (κ1) is 21.2. The van der Waals surface area contributed by atoms with Crippen LogP contribution in [-0.2, 0) is 19.6 Å². The molecule has 0 unspecified atom stereocenters. The number of fused-ring (bicyclic) bond motifs is 3. The Morgan fingerprint density at radius 1 is 1.15 bits per heavy atom. The molecule has 6 heteroatoms. The largest absolute Gasteiger partial charge is 0.488 e. The zero-order valence-electron chi connectivity index (χ0n) is 18.8. The molecule has 0 bridgehead atoms. The van der Waals surface area contributed by atoms with Gasteiger partial charge in [0.15, 0.2) is 5.65 Å². The fourth-order valence-corrected chi connectivity index (χ4v) is 4.79. The van der Waals surface area contributed by atoms with Gasteiger partial charge in [0.2, 0.25) is 0 Å². The van der Waals surface area contributed by atoms with E-state index in [1.165, 1.54) is 0 Å². The lowest BCUT2D eigenvalue weighted by Gasteiger charge is -2.14. The Labute approximate surface area is 197 Å².